The Morgan fingerprint density at radius 3 is 2.38 bits per heavy atom. The van der Waals surface area contributed by atoms with Gasteiger partial charge in [0.2, 0.25) is 5.91 Å². The van der Waals surface area contributed by atoms with E-state index in [9.17, 15) is 18.0 Å². The van der Waals surface area contributed by atoms with Crippen molar-refractivity contribution < 1.29 is 23.1 Å². The second kappa shape index (κ2) is 5.37. The second-order valence-electron chi connectivity index (χ2n) is 4.03. The predicted molar refractivity (Wildman–Crippen MR) is 72.3 cm³/mol. The van der Waals surface area contributed by atoms with Crippen LogP contribution in [0.2, 0.25) is 0 Å². The first-order valence-electron chi connectivity index (χ1n) is 5.73. The molecule has 0 saturated heterocycles. The van der Waals surface area contributed by atoms with Crippen molar-refractivity contribution in [2.24, 2.45) is 0 Å². The molecule has 9 heteroatoms. The van der Waals surface area contributed by atoms with Crippen LogP contribution in [0.25, 0.3) is 0 Å². The Morgan fingerprint density at radius 2 is 1.86 bits per heavy atom. The molecule has 0 fully saturated rings. The third-order valence-electron chi connectivity index (χ3n) is 2.61. The molecule has 2 rings (SSSR count). The quantitative estimate of drug-likeness (QED) is 0.863. The number of carboxylic acid groups (broad SMARTS) is 1. The first kappa shape index (κ1) is 14.7. The fraction of sp³-hybridized carbons (Fsp3) is 0.0833. The monoisotopic (exact) mass is 309 g/mol. The number of aromatic carboxylic acids is 1. The van der Waals surface area contributed by atoms with Gasteiger partial charge in [-0.15, -0.1) is 0 Å². The fourth-order valence-electron chi connectivity index (χ4n) is 1.76. The molecular weight excluding hydrogens is 298 g/mol. The van der Waals surface area contributed by atoms with E-state index in [-0.39, 0.29) is 10.6 Å². The summed E-state index contributed by atoms with van der Waals surface area (Å²) in [7, 11) is -4.22. The van der Waals surface area contributed by atoms with Gasteiger partial charge in [0.15, 0.2) is 5.69 Å². The molecule has 8 nitrogen and oxygen atoms in total. The number of carboxylic acids is 1. The molecule has 110 valence electrons. The molecule has 2 aromatic rings. The molecule has 0 radical (unpaired) electrons. The summed E-state index contributed by atoms with van der Waals surface area (Å²) in [4.78, 5) is 22.7. The van der Waals surface area contributed by atoms with Gasteiger partial charge in [-0.2, -0.15) is 9.40 Å². The summed E-state index contributed by atoms with van der Waals surface area (Å²) in [5.41, 5.74) is -0.886. The first-order chi connectivity index (χ1) is 9.85. The van der Waals surface area contributed by atoms with Gasteiger partial charge in [0.1, 0.15) is 5.69 Å². The molecule has 2 N–H and O–H groups in total. The summed E-state index contributed by atoms with van der Waals surface area (Å²) >= 11 is 0. The molecule has 1 amide bonds. The summed E-state index contributed by atoms with van der Waals surface area (Å²) in [6, 6.07) is 7.24. The van der Waals surface area contributed by atoms with Crippen LogP contribution in [0.4, 0.5) is 5.69 Å². The van der Waals surface area contributed by atoms with E-state index in [2.05, 4.69) is 10.2 Å². The van der Waals surface area contributed by atoms with Crippen molar-refractivity contribution in [1.29, 1.82) is 0 Å². The standard InChI is InChI=1S/C12H11N3O5S/c1-8(16)15(10-7-13-14-11(10)12(17)18)21(19,20)9-5-3-2-4-6-9/h2-7H,1H3,(H,13,14)(H,17,18). The highest BCUT2D eigenvalue weighted by molar-refractivity contribution is 7.93. The van der Waals surface area contributed by atoms with Crippen molar-refractivity contribution in [2.45, 2.75) is 11.8 Å². The maximum atomic E-state index is 12.5. The highest BCUT2D eigenvalue weighted by atomic mass is 32.2. The number of aromatic nitrogens is 2. The fourth-order valence-corrected chi connectivity index (χ4v) is 3.21. The van der Waals surface area contributed by atoms with E-state index in [1.807, 2.05) is 0 Å². The molecule has 0 aliphatic heterocycles. The molecule has 0 aliphatic rings. The number of carbonyl (C=O) groups is 2. The number of H-pyrrole nitrogens is 1. The van der Waals surface area contributed by atoms with Crippen LogP contribution in [0.15, 0.2) is 41.4 Å². The number of rotatable bonds is 4. The number of anilines is 1. The van der Waals surface area contributed by atoms with Crippen LogP contribution in [-0.4, -0.2) is 35.6 Å². The third-order valence-corrected chi connectivity index (χ3v) is 4.41. The minimum absolute atomic E-state index is 0.127. The van der Waals surface area contributed by atoms with E-state index < -0.39 is 27.6 Å². The summed E-state index contributed by atoms with van der Waals surface area (Å²) in [5.74, 6) is -2.29. The van der Waals surface area contributed by atoms with Crippen molar-refractivity contribution in [3.8, 4) is 0 Å². The number of nitrogens with zero attached hydrogens (tertiary/aromatic N) is 2. The largest absolute Gasteiger partial charge is 0.476 e. The number of amides is 1. The molecule has 0 bridgehead atoms. The van der Waals surface area contributed by atoms with Gasteiger partial charge in [0.05, 0.1) is 4.90 Å². The summed E-state index contributed by atoms with van der Waals surface area (Å²) in [6.07, 6.45) is 1.05. The molecule has 0 spiro atoms. The van der Waals surface area contributed by atoms with Gasteiger partial charge >= 0.3 is 5.97 Å². The van der Waals surface area contributed by atoms with Crippen LogP contribution in [0.3, 0.4) is 0 Å². The van der Waals surface area contributed by atoms with Gasteiger partial charge in [0, 0.05) is 13.1 Å². The number of aromatic amines is 1. The highest BCUT2D eigenvalue weighted by Gasteiger charge is 2.33. The van der Waals surface area contributed by atoms with Gasteiger partial charge in [-0.05, 0) is 12.1 Å². The Kier molecular flexibility index (Phi) is 3.76. The van der Waals surface area contributed by atoms with Crippen LogP contribution in [0.5, 0.6) is 0 Å². The number of nitrogens with one attached hydrogen (secondary N) is 1. The molecular formula is C12H11N3O5S. The lowest BCUT2D eigenvalue weighted by atomic mass is 10.3. The number of benzene rings is 1. The minimum Gasteiger partial charge on any atom is -0.476 e. The minimum atomic E-state index is -4.22. The zero-order chi connectivity index (χ0) is 15.6. The molecule has 1 aromatic heterocycles. The van der Waals surface area contributed by atoms with E-state index in [4.69, 9.17) is 5.11 Å². The number of hydrogen-bond acceptors (Lipinski definition) is 5. The Bertz CT molecular complexity index is 782. The first-order valence-corrected chi connectivity index (χ1v) is 7.17. The Balaban J connectivity index is 2.63. The normalized spacial score (nSPS) is 11.1. The topological polar surface area (TPSA) is 120 Å². The zero-order valence-electron chi connectivity index (χ0n) is 10.8. The Labute approximate surface area is 120 Å². The van der Waals surface area contributed by atoms with E-state index in [1.54, 1.807) is 6.07 Å². The van der Waals surface area contributed by atoms with E-state index in [1.165, 1.54) is 24.3 Å². The lowest BCUT2D eigenvalue weighted by molar-refractivity contribution is -0.115. The lowest BCUT2D eigenvalue weighted by Gasteiger charge is -2.19. The third kappa shape index (κ3) is 2.63. The van der Waals surface area contributed by atoms with Crippen molar-refractivity contribution in [2.75, 3.05) is 4.31 Å². The van der Waals surface area contributed by atoms with Gasteiger partial charge in [-0.3, -0.25) is 9.89 Å². The molecule has 0 unspecified atom stereocenters. The van der Waals surface area contributed by atoms with Gasteiger partial charge < -0.3 is 5.11 Å². The van der Waals surface area contributed by atoms with Crippen molar-refractivity contribution in [3.05, 3.63) is 42.2 Å². The maximum Gasteiger partial charge on any atom is 0.358 e. The van der Waals surface area contributed by atoms with E-state index in [0.29, 0.717) is 4.31 Å². The second-order valence-corrected chi connectivity index (χ2v) is 5.81. The molecule has 21 heavy (non-hydrogen) atoms. The number of hydrogen-bond donors (Lipinski definition) is 2. The smallest absolute Gasteiger partial charge is 0.358 e. The SMILES string of the molecule is CC(=O)N(c1c[nH]nc1C(=O)O)S(=O)(=O)c1ccccc1. The summed E-state index contributed by atoms with van der Waals surface area (Å²) in [6.45, 7) is 1.03. The van der Waals surface area contributed by atoms with Crippen LogP contribution in [0.1, 0.15) is 17.4 Å². The average molecular weight is 309 g/mol. The van der Waals surface area contributed by atoms with Gasteiger partial charge in [0.25, 0.3) is 10.0 Å². The van der Waals surface area contributed by atoms with Crippen molar-refractivity contribution in [3.63, 3.8) is 0 Å². The van der Waals surface area contributed by atoms with Gasteiger partial charge in [-0.1, -0.05) is 18.2 Å². The van der Waals surface area contributed by atoms with Crippen LogP contribution in [-0.2, 0) is 14.8 Å². The Morgan fingerprint density at radius 1 is 1.24 bits per heavy atom. The predicted octanol–water partition coefficient (Wildman–Crippen LogP) is 0.850. The van der Waals surface area contributed by atoms with Gasteiger partial charge in [-0.25, -0.2) is 13.2 Å². The lowest BCUT2D eigenvalue weighted by Crippen LogP contribution is -2.36. The Hall–Kier alpha value is -2.68. The van der Waals surface area contributed by atoms with Crippen molar-refractivity contribution in [1.82, 2.24) is 10.2 Å². The molecule has 0 aliphatic carbocycles. The molecule has 0 atom stereocenters. The van der Waals surface area contributed by atoms with E-state index in [0.717, 1.165) is 13.1 Å². The van der Waals surface area contributed by atoms with Crippen LogP contribution < -0.4 is 4.31 Å². The maximum absolute atomic E-state index is 12.5. The summed E-state index contributed by atoms with van der Waals surface area (Å²) < 4.78 is 25.4. The van der Waals surface area contributed by atoms with Crippen LogP contribution in [0, 0.1) is 0 Å². The zero-order valence-corrected chi connectivity index (χ0v) is 11.7. The molecule has 1 aromatic carbocycles. The highest BCUT2D eigenvalue weighted by Crippen LogP contribution is 2.26. The van der Waals surface area contributed by atoms with E-state index >= 15 is 0 Å². The summed E-state index contributed by atoms with van der Waals surface area (Å²) in [5, 5.41) is 14.7. The van der Waals surface area contributed by atoms with Crippen LogP contribution >= 0.6 is 0 Å². The number of carbonyl (C=O) groups excluding carboxylic acids is 1. The van der Waals surface area contributed by atoms with Crippen molar-refractivity contribution >= 4 is 27.6 Å². The molecule has 0 saturated carbocycles. The molecule has 1 heterocycles. The average Bonchev–Trinajstić information content (AvgIpc) is 2.88. The number of sulfonamides is 1.